The van der Waals surface area contributed by atoms with Gasteiger partial charge in [0.05, 0.1) is 5.92 Å². The molecule has 1 aromatic carbocycles. The SMILES string of the molecule is CCC(=O)N1CCC(c2ccc(NC(=O)C3CCN(c4cccnn4)C3)cc2)CC1. The molecule has 1 atom stereocenters. The Labute approximate surface area is 177 Å². The Balaban J connectivity index is 1.29. The first-order valence-corrected chi connectivity index (χ1v) is 10.8. The average molecular weight is 408 g/mol. The van der Waals surface area contributed by atoms with E-state index in [0.29, 0.717) is 18.9 Å². The lowest BCUT2D eigenvalue weighted by atomic mass is 9.89. The molecular weight excluding hydrogens is 378 g/mol. The van der Waals surface area contributed by atoms with E-state index < -0.39 is 0 Å². The highest BCUT2D eigenvalue weighted by atomic mass is 16.2. The van der Waals surface area contributed by atoms with Gasteiger partial charge in [0, 0.05) is 44.5 Å². The third-order valence-electron chi connectivity index (χ3n) is 6.24. The molecule has 0 bridgehead atoms. The van der Waals surface area contributed by atoms with E-state index >= 15 is 0 Å². The lowest BCUT2D eigenvalue weighted by Gasteiger charge is -2.32. The lowest BCUT2D eigenvalue weighted by Crippen LogP contribution is -2.37. The smallest absolute Gasteiger partial charge is 0.229 e. The molecule has 1 unspecified atom stereocenters. The van der Waals surface area contributed by atoms with Crippen LogP contribution in [0.4, 0.5) is 11.5 Å². The first-order valence-electron chi connectivity index (χ1n) is 10.8. The minimum atomic E-state index is -0.0490. The number of likely N-dealkylation sites (tertiary alicyclic amines) is 1. The van der Waals surface area contributed by atoms with Gasteiger partial charge in [0.15, 0.2) is 5.82 Å². The number of benzene rings is 1. The zero-order chi connectivity index (χ0) is 20.9. The molecule has 2 aliphatic heterocycles. The molecule has 3 heterocycles. The lowest BCUT2D eigenvalue weighted by molar-refractivity contribution is -0.131. The first-order chi connectivity index (χ1) is 14.6. The third-order valence-corrected chi connectivity index (χ3v) is 6.24. The Morgan fingerprint density at radius 1 is 1.07 bits per heavy atom. The van der Waals surface area contributed by atoms with E-state index in [9.17, 15) is 9.59 Å². The van der Waals surface area contributed by atoms with Crippen molar-refractivity contribution in [2.75, 3.05) is 36.4 Å². The molecule has 2 fully saturated rings. The standard InChI is InChI=1S/C23H29N5O2/c1-2-22(29)27-13-9-18(10-14-27)17-5-7-20(8-6-17)25-23(30)19-11-15-28(16-19)21-4-3-12-24-26-21/h3-8,12,18-19H,2,9-11,13-16H2,1H3,(H,25,30). The number of rotatable bonds is 5. The molecule has 2 aliphatic rings. The molecule has 0 aliphatic carbocycles. The van der Waals surface area contributed by atoms with Crippen LogP contribution < -0.4 is 10.2 Å². The van der Waals surface area contributed by atoms with E-state index in [4.69, 9.17) is 0 Å². The number of anilines is 2. The zero-order valence-electron chi connectivity index (χ0n) is 17.5. The molecule has 0 radical (unpaired) electrons. The fraction of sp³-hybridized carbons (Fsp3) is 0.478. The van der Waals surface area contributed by atoms with E-state index in [1.807, 2.05) is 36.1 Å². The molecule has 7 nitrogen and oxygen atoms in total. The van der Waals surface area contributed by atoms with Gasteiger partial charge in [-0.3, -0.25) is 9.59 Å². The number of piperidine rings is 1. The second-order valence-corrected chi connectivity index (χ2v) is 8.13. The number of carbonyl (C=O) groups is 2. The van der Waals surface area contributed by atoms with Crippen molar-refractivity contribution in [3.05, 3.63) is 48.2 Å². The third kappa shape index (κ3) is 4.61. The fourth-order valence-corrected chi connectivity index (χ4v) is 4.41. The van der Waals surface area contributed by atoms with Crippen molar-refractivity contribution in [1.82, 2.24) is 15.1 Å². The minimum absolute atomic E-state index is 0.0490. The fourth-order valence-electron chi connectivity index (χ4n) is 4.41. The summed E-state index contributed by atoms with van der Waals surface area (Å²) in [7, 11) is 0. The molecule has 158 valence electrons. The summed E-state index contributed by atoms with van der Waals surface area (Å²) in [6, 6.07) is 12.0. The van der Waals surface area contributed by atoms with Crippen LogP contribution in [0.3, 0.4) is 0 Å². The molecule has 0 spiro atoms. The highest BCUT2D eigenvalue weighted by molar-refractivity contribution is 5.93. The molecule has 2 amide bonds. The summed E-state index contributed by atoms with van der Waals surface area (Å²) in [6.07, 6.45) is 5.04. The quantitative estimate of drug-likeness (QED) is 0.824. The second kappa shape index (κ2) is 9.24. The number of amides is 2. The number of hydrogen-bond donors (Lipinski definition) is 1. The van der Waals surface area contributed by atoms with Gasteiger partial charge in [0.25, 0.3) is 0 Å². The number of hydrogen-bond acceptors (Lipinski definition) is 5. The van der Waals surface area contributed by atoms with Crippen molar-refractivity contribution < 1.29 is 9.59 Å². The van der Waals surface area contributed by atoms with Crippen LogP contribution in [-0.4, -0.2) is 53.1 Å². The van der Waals surface area contributed by atoms with Gasteiger partial charge in [0.1, 0.15) is 0 Å². The summed E-state index contributed by atoms with van der Waals surface area (Å²) < 4.78 is 0. The van der Waals surface area contributed by atoms with Crippen LogP contribution in [0.5, 0.6) is 0 Å². The predicted octanol–water partition coefficient (Wildman–Crippen LogP) is 3.06. The van der Waals surface area contributed by atoms with Gasteiger partial charge in [-0.15, -0.1) is 5.10 Å². The molecule has 1 aromatic heterocycles. The summed E-state index contributed by atoms with van der Waals surface area (Å²) in [4.78, 5) is 28.6. The van der Waals surface area contributed by atoms with E-state index in [-0.39, 0.29) is 17.7 Å². The molecule has 2 aromatic rings. The van der Waals surface area contributed by atoms with Crippen molar-refractivity contribution in [2.45, 2.75) is 38.5 Å². The van der Waals surface area contributed by atoms with Gasteiger partial charge >= 0.3 is 0 Å². The summed E-state index contributed by atoms with van der Waals surface area (Å²) in [6.45, 7) is 5.06. The maximum absolute atomic E-state index is 12.7. The van der Waals surface area contributed by atoms with Crippen LogP contribution in [0, 0.1) is 5.92 Å². The van der Waals surface area contributed by atoms with E-state index in [2.05, 4.69) is 32.5 Å². The second-order valence-electron chi connectivity index (χ2n) is 8.13. The number of nitrogens with zero attached hydrogens (tertiary/aromatic N) is 4. The molecule has 1 N–H and O–H groups in total. The van der Waals surface area contributed by atoms with Gasteiger partial charge in [-0.25, -0.2) is 0 Å². The van der Waals surface area contributed by atoms with Crippen LogP contribution in [0.15, 0.2) is 42.6 Å². The van der Waals surface area contributed by atoms with Crippen LogP contribution in [0.1, 0.15) is 44.1 Å². The summed E-state index contributed by atoms with van der Waals surface area (Å²) in [5.74, 6) is 1.55. The van der Waals surface area contributed by atoms with E-state index in [1.54, 1.807) is 6.20 Å². The van der Waals surface area contributed by atoms with Gasteiger partial charge < -0.3 is 15.1 Å². The maximum atomic E-state index is 12.7. The largest absolute Gasteiger partial charge is 0.354 e. The molecule has 2 saturated heterocycles. The monoisotopic (exact) mass is 407 g/mol. The Morgan fingerprint density at radius 2 is 1.83 bits per heavy atom. The number of aromatic nitrogens is 2. The minimum Gasteiger partial charge on any atom is -0.354 e. The highest BCUT2D eigenvalue weighted by Crippen LogP contribution is 2.29. The van der Waals surface area contributed by atoms with Crippen molar-refractivity contribution in [3.63, 3.8) is 0 Å². The maximum Gasteiger partial charge on any atom is 0.229 e. The van der Waals surface area contributed by atoms with Crippen LogP contribution in [0.2, 0.25) is 0 Å². The van der Waals surface area contributed by atoms with Gasteiger partial charge in [-0.05, 0) is 55.0 Å². The van der Waals surface area contributed by atoms with Crippen molar-refractivity contribution >= 4 is 23.3 Å². The Bertz CT molecular complexity index is 863. The van der Waals surface area contributed by atoms with Crippen LogP contribution in [0.25, 0.3) is 0 Å². The predicted molar refractivity (Wildman–Crippen MR) is 116 cm³/mol. The summed E-state index contributed by atoms with van der Waals surface area (Å²) >= 11 is 0. The van der Waals surface area contributed by atoms with Crippen molar-refractivity contribution in [2.24, 2.45) is 5.92 Å². The van der Waals surface area contributed by atoms with Crippen molar-refractivity contribution in [1.29, 1.82) is 0 Å². The number of nitrogens with one attached hydrogen (secondary N) is 1. The molecule has 30 heavy (non-hydrogen) atoms. The summed E-state index contributed by atoms with van der Waals surface area (Å²) in [5, 5.41) is 11.1. The normalized spacial score (nSPS) is 19.7. The van der Waals surface area contributed by atoms with E-state index in [0.717, 1.165) is 50.4 Å². The summed E-state index contributed by atoms with van der Waals surface area (Å²) in [5.41, 5.74) is 2.12. The van der Waals surface area contributed by atoms with Crippen molar-refractivity contribution in [3.8, 4) is 0 Å². The van der Waals surface area contributed by atoms with Gasteiger partial charge in [-0.1, -0.05) is 19.1 Å². The number of carbonyl (C=O) groups excluding carboxylic acids is 2. The molecule has 0 saturated carbocycles. The van der Waals surface area contributed by atoms with Crippen LogP contribution >= 0.6 is 0 Å². The van der Waals surface area contributed by atoms with Gasteiger partial charge in [-0.2, -0.15) is 5.10 Å². The zero-order valence-corrected chi connectivity index (χ0v) is 17.5. The van der Waals surface area contributed by atoms with E-state index in [1.165, 1.54) is 5.56 Å². The molecule has 7 heteroatoms. The molecular formula is C23H29N5O2. The topological polar surface area (TPSA) is 78.4 Å². The highest BCUT2D eigenvalue weighted by Gasteiger charge is 2.29. The average Bonchev–Trinajstić information content (AvgIpc) is 3.30. The Hall–Kier alpha value is -2.96. The first kappa shape index (κ1) is 20.3. The van der Waals surface area contributed by atoms with Crippen LogP contribution in [-0.2, 0) is 9.59 Å². The molecule has 4 rings (SSSR count). The Kier molecular flexibility index (Phi) is 6.26. The van der Waals surface area contributed by atoms with Gasteiger partial charge in [0.2, 0.25) is 11.8 Å². The Morgan fingerprint density at radius 3 is 2.50 bits per heavy atom.